The van der Waals surface area contributed by atoms with Crippen molar-refractivity contribution < 1.29 is 4.74 Å². The predicted octanol–water partition coefficient (Wildman–Crippen LogP) is 5.45. The van der Waals surface area contributed by atoms with E-state index in [-0.39, 0.29) is 5.41 Å². The Balaban J connectivity index is 1.24. The number of likely N-dealkylation sites (tertiary alicyclic amines) is 1. The van der Waals surface area contributed by atoms with E-state index in [2.05, 4.69) is 57.7 Å². The lowest BCUT2D eigenvalue weighted by molar-refractivity contribution is -0.0617. The molecule has 1 saturated carbocycles. The molecule has 1 aliphatic carbocycles. The number of nitrogens with one attached hydrogen (secondary N) is 2. The van der Waals surface area contributed by atoms with Crippen LogP contribution in [0.25, 0.3) is 10.9 Å². The molecule has 2 aromatic heterocycles. The summed E-state index contributed by atoms with van der Waals surface area (Å²) in [7, 11) is 7.25. The van der Waals surface area contributed by atoms with Gasteiger partial charge in [-0.05, 0) is 29.2 Å². The third-order valence-electron chi connectivity index (χ3n) is 9.01. The summed E-state index contributed by atoms with van der Waals surface area (Å²) in [5.41, 5.74) is 2.13. The van der Waals surface area contributed by atoms with Gasteiger partial charge in [-0.15, -0.1) is 5.10 Å². The van der Waals surface area contributed by atoms with Gasteiger partial charge in [-0.1, -0.05) is 67.4 Å². The van der Waals surface area contributed by atoms with Gasteiger partial charge >= 0.3 is 0 Å². The van der Waals surface area contributed by atoms with E-state index in [9.17, 15) is 5.26 Å². The van der Waals surface area contributed by atoms with E-state index in [1.54, 1.807) is 18.3 Å². The topological polar surface area (TPSA) is 104 Å². The number of anilines is 2. The van der Waals surface area contributed by atoms with Crippen molar-refractivity contribution in [3.8, 4) is 6.07 Å². The number of rotatable bonds is 8. The quantitative estimate of drug-likeness (QED) is 0.249. The number of nitriles is 1. The molecule has 44 heavy (non-hydrogen) atoms. The highest BCUT2D eigenvalue weighted by Gasteiger charge is 2.59. The van der Waals surface area contributed by atoms with Crippen LogP contribution < -0.4 is 10.6 Å². The largest absolute Gasteiger partial charge is 0.383 e. The molecule has 0 bridgehead atoms. The van der Waals surface area contributed by atoms with Crippen molar-refractivity contribution in [3.63, 3.8) is 0 Å². The van der Waals surface area contributed by atoms with Gasteiger partial charge in [0.1, 0.15) is 19.6 Å². The molecular weight excluding hydrogens is 594 g/mol. The Labute approximate surface area is 268 Å². The van der Waals surface area contributed by atoms with Crippen molar-refractivity contribution in [2.24, 2.45) is 17.3 Å². The lowest BCUT2D eigenvalue weighted by Crippen LogP contribution is -2.49. The summed E-state index contributed by atoms with van der Waals surface area (Å²) in [5, 5.41) is 27.6. The first kappa shape index (κ1) is 29.4. The van der Waals surface area contributed by atoms with E-state index in [1.165, 1.54) is 0 Å². The van der Waals surface area contributed by atoms with Crippen LogP contribution in [-0.2, 0) is 10.2 Å². The summed E-state index contributed by atoms with van der Waals surface area (Å²) in [5.74, 6) is 1.09. The molecule has 12 heteroatoms. The third-order valence-corrected chi connectivity index (χ3v) is 9.63. The van der Waals surface area contributed by atoms with Gasteiger partial charge in [0, 0.05) is 53.8 Å². The number of nitrogens with zero attached hydrogens (tertiary/aromatic N) is 6. The fraction of sp³-hybridized carbons (Fsp3) is 0.438. The highest BCUT2D eigenvalue weighted by molar-refractivity contribution is 6.36. The first-order chi connectivity index (χ1) is 21.1. The molecule has 3 fully saturated rings. The SMILES string of the molecule is [B]C(Nc1cc(Cl)c2ncc(C#N)c(NCC(C)(C)C)c2c1)(c1cn(C2[C@H]3CN(C4COC4)C[C@@H]23)nn1)c1ccccc1Cl. The molecule has 224 valence electrons. The Morgan fingerprint density at radius 3 is 2.52 bits per heavy atom. The molecule has 2 aliphatic heterocycles. The van der Waals surface area contributed by atoms with Crippen molar-refractivity contribution in [1.29, 1.82) is 5.26 Å². The van der Waals surface area contributed by atoms with Crippen molar-refractivity contribution in [2.75, 3.05) is 43.5 Å². The summed E-state index contributed by atoms with van der Waals surface area (Å²) in [6, 6.07) is 14.2. The van der Waals surface area contributed by atoms with E-state index in [1.807, 2.05) is 35.1 Å². The first-order valence-electron chi connectivity index (χ1n) is 14.9. The highest BCUT2D eigenvalue weighted by atomic mass is 35.5. The van der Waals surface area contributed by atoms with Crippen LogP contribution in [0.2, 0.25) is 10.0 Å². The smallest absolute Gasteiger partial charge is 0.119 e. The fourth-order valence-electron chi connectivity index (χ4n) is 6.49. The minimum atomic E-state index is -1.34. The first-order valence-corrected chi connectivity index (χ1v) is 15.6. The lowest BCUT2D eigenvalue weighted by Gasteiger charge is -2.35. The second-order valence-electron chi connectivity index (χ2n) is 13.4. The zero-order valence-electron chi connectivity index (χ0n) is 24.9. The van der Waals surface area contributed by atoms with E-state index in [0.29, 0.717) is 79.6 Å². The molecule has 2 saturated heterocycles. The van der Waals surface area contributed by atoms with E-state index >= 15 is 0 Å². The van der Waals surface area contributed by atoms with Gasteiger partial charge < -0.3 is 15.4 Å². The molecule has 4 aromatic rings. The molecule has 2 aromatic carbocycles. The Bertz CT molecular complexity index is 1770. The van der Waals surface area contributed by atoms with Gasteiger partial charge in [-0.3, -0.25) is 9.88 Å². The maximum atomic E-state index is 9.89. The molecule has 0 amide bonds. The summed E-state index contributed by atoms with van der Waals surface area (Å²) in [4.78, 5) is 7.03. The molecule has 9 nitrogen and oxygen atoms in total. The number of piperidine rings is 1. The van der Waals surface area contributed by atoms with Crippen LogP contribution in [0, 0.1) is 28.6 Å². The van der Waals surface area contributed by atoms with Crippen molar-refractivity contribution in [2.45, 2.75) is 38.3 Å². The summed E-state index contributed by atoms with van der Waals surface area (Å²) >= 11 is 13.6. The molecule has 2 N–H and O–H groups in total. The predicted molar refractivity (Wildman–Crippen MR) is 173 cm³/mol. The summed E-state index contributed by atoms with van der Waals surface area (Å²) in [6.07, 6.45) is 3.48. The Morgan fingerprint density at radius 1 is 1.11 bits per heavy atom. The second kappa shape index (κ2) is 10.9. The van der Waals surface area contributed by atoms with Gasteiger partial charge in [0.25, 0.3) is 0 Å². The van der Waals surface area contributed by atoms with E-state index in [4.69, 9.17) is 35.8 Å². The van der Waals surface area contributed by atoms with E-state index in [0.717, 1.165) is 26.3 Å². The van der Waals surface area contributed by atoms with Gasteiger partial charge in [-0.2, -0.15) is 5.26 Å². The number of hydrogen-bond donors (Lipinski definition) is 2. The van der Waals surface area contributed by atoms with Crippen LogP contribution in [0.5, 0.6) is 0 Å². The van der Waals surface area contributed by atoms with Crippen LogP contribution in [0.3, 0.4) is 0 Å². The zero-order valence-corrected chi connectivity index (χ0v) is 26.4. The number of halogens is 2. The van der Waals surface area contributed by atoms with Crippen molar-refractivity contribution >= 4 is 53.3 Å². The van der Waals surface area contributed by atoms with Crippen LogP contribution in [0.1, 0.15) is 43.6 Å². The average molecular weight is 627 g/mol. The number of fused-ring (bicyclic) bond motifs is 2. The van der Waals surface area contributed by atoms with Crippen LogP contribution >= 0.6 is 23.2 Å². The monoisotopic (exact) mass is 626 g/mol. The molecule has 3 aliphatic rings. The molecule has 4 atom stereocenters. The summed E-state index contributed by atoms with van der Waals surface area (Å²) < 4.78 is 7.36. The molecule has 2 unspecified atom stereocenters. The van der Waals surface area contributed by atoms with Gasteiger partial charge in [0.15, 0.2) is 0 Å². The molecule has 7 rings (SSSR count). The Morgan fingerprint density at radius 2 is 1.86 bits per heavy atom. The Hall–Kier alpha value is -3.36. The fourth-order valence-corrected chi connectivity index (χ4v) is 7.05. The molecular formula is C32H33BCl2N8O. The number of aromatic nitrogens is 4. The minimum Gasteiger partial charge on any atom is -0.383 e. The number of pyridine rings is 1. The summed E-state index contributed by atoms with van der Waals surface area (Å²) in [6.45, 7) is 10.8. The van der Waals surface area contributed by atoms with Crippen LogP contribution in [0.4, 0.5) is 11.4 Å². The highest BCUT2D eigenvalue weighted by Crippen LogP contribution is 2.55. The lowest BCUT2D eigenvalue weighted by atomic mass is 9.69. The average Bonchev–Trinajstić information content (AvgIpc) is 3.27. The second-order valence-corrected chi connectivity index (χ2v) is 14.2. The third kappa shape index (κ3) is 5.20. The van der Waals surface area contributed by atoms with Crippen molar-refractivity contribution in [3.05, 3.63) is 75.7 Å². The normalized spacial score (nSPS) is 23.0. The van der Waals surface area contributed by atoms with Gasteiger partial charge in [0.05, 0.1) is 58.7 Å². The van der Waals surface area contributed by atoms with E-state index < -0.39 is 5.44 Å². The number of benzene rings is 2. The standard InChI is InChI=1S/C32H33BCl2N8O/c1-31(2,3)17-38-28-18(10-36)11-37-29-21(28)8-19(9-26(29)35)39-32(33,24-6-4-5-7-25(24)34)27-14-43(41-40-27)30-22-12-42(13-23(22)30)20-15-44-16-20/h4-9,11,14,20,22-23,30,39H,12-13,15-17H2,1-3H3,(H,37,38)/t22-,23+,30?,32?. The van der Waals surface area contributed by atoms with Crippen LogP contribution in [-0.4, -0.2) is 71.6 Å². The minimum absolute atomic E-state index is 0.0196. The van der Waals surface area contributed by atoms with Gasteiger partial charge in [-0.25, -0.2) is 4.68 Å². The Kier molecular flexibility index (Phi) is 7.28. The molecule has 0 spiro atoms. The van der Waals surface area contributed by atoms with Crippen molar-refractivity contribution in [1.82, 2.24) is 24.9 Å². The molecule has 4 heterocycles. The van der Waals surface area contributed by atoms with Gasteiger partial charge in [0.2, 0.25) is 0 Å². The van der Waals surface area contributed by atoms with Crippen LogP contribution in [0.15, 0.2) is 48.8 Å². The number of hydrogen-bond acceptors (Lipinski definition) is 8. The number of ether oxygens (including phenoxy) is 1. The molecule has 2 radical (unpaired) electrons. The maximum absolute atomic E-state index is 9.89. The maximum Gasteiger partial charge on any atom is 0.119 e. The zero-order chi connectivity index (χ0) is 30.8.